The van der Waals surface area contributed by atoms with Crippen molar-refractivity contribution in [1.29, 1.82) is 0 Å². The molecule has 1 heterocycles. The summed E-state index contributed by atoms with van der Waals surface area (Å²) in [5.41, 5.74) is -0.0215. The van der Waals surface area contributed by atoms with Crippen LogP contribution in [0.1, 0.15) is 30.1 Å². The van der Waals surface area contributed by atoms with Crippen LogP contribution in [0.15, 0.2) is 29.2 Å². The fourth-order valence-electron chi connectivity index (χ4n) is 3.04. The quantitative estimate of drug-likeness (QED) is 0.615. The van der Waals surface area contributed by atoms with Gasteiger partial charge in [0.1, 0.15) is 0 Å². The molecule has 0 unspecified atom stereocenters. The van der Waals surface area contributed by atoms with Gasteiger partial charge in [0.2, 0.25) is 21.8 Å². The van der Waals surface area contributed by atoms with Crippen LogP contribution >= 0.6 is 0 Å². The summed E-state index contributed by atoms with van der Waals surface area (Å²) in [6, 6.07) is 5.88. The van der Waals surface area contributed by atoms with Crippen LogP contribution in [0.3, 0.4) is 0 Å². The van der Waals surface area contributed by atoms with Gasteiger partial charge in [0.15, 0.2) is 0 Å². The lowest BCUT2D eigenvalue weighted by atomic mass is 9.97. The fourth-order valence-corrected chi connectivity index (χ4v) is 4.69. The zero-order valence-electron chi connectivity index (χ0n) is 15.9. The van der Waals surface area contributed by atoms with E-state index < -0.39 is 16.0 Å². The van der Waals surface area contributed by atoms with Crippen LogP contribution in [0.25, 0.3) is 0 Å². The van der Waals surface area contributed by atoms with E-state index in [0.717, 1.165) is 0 Å². The Kier molecular flexibility index (Phi) is 7.53. The van der Waals surface area contributed by atoms with Gasteiger partial charge in [-0.1, -0.05) is 12.1 Å². The normalized spacial score (nSPS) is 15.6. The molecule has 154 valence electrons. The van der Waals surface area contributed by atoms with E-state index in [0.29, 0.717) is 19.4 Å². The van der Waals surface area contributed by atoms with Crippen molar-refractivity contribution in [3.8, 4) is 0 Å². The number of carbonyl (C=O) groups excluding carboxylic acids is 3. The summed E-state index contributed by atoms with van der Waals surface area (Å²) in [5.74, 6) is -1.62. The number of nitrogens with one attached hydrogen (secondary N) is 2. The minimum atomic E-state index is -3.89. The smallest absolute Gasteiger partial charge is 0.339 e. The van der Waals surface area contributed by atoms with Crippen molar-refractivity contribution in [2.45, 2.75) is 24.7 Å². The van der Waals surface area contributed by atoms with Crippen LogP contribution < -0.4 is 10.6 Å². The molecule has 1 aliphatic rings. The average molecular weight is 411 g/mol. The number of piperidine rings is 1. The molecule has 0 aromatic heterocycles. The summed E-state index contributed by atoms with van der Waals surface area (Å²) < 4.78 is 31.8. The standard InChI is InChI=1S/C18H25N3O6S/c1-3-19-16(22)12-20-17(23)13-8-10-21(11-9-13)28(25,26)15-7-5-4-6-14(15)18(24)27-2/h4-7,13H,3,8-12H2,1-2H3,(H,19,22)(H,20,23). The highest BCUT2D eigenvalue weighted by molar-refractivity contribution is 7.89. The van der Waals surface area contributed by atoms with Gasteiger partial charge in [0, 0.05) is 25.6 Å². The second kappa shape index (κ2) is 9.65. The molecule has 0 aliphatic carbocycles. The molecule has 2 rings (SSSR count). The average Bonchev–Trinajstić information content (AvgIpc) is 2.71. The van der Waals surface area contributed by atoms with Crippen molar-refractivity contribution in [3.05, 3.63) is 29.8 Å². The molecule has 0 bridgehead atoms. The molecule has 2 amide bonds. The Balaban J connectivity index is 2.02. The topological polar surface area (TPSA) is 122 Å². The first-order valence-corrected chi connectivity index (χ1v) is 10.5. The number of sulfonamides is 1. The fraction of sp³-hybridized carbons (Fsp3) is 0.500. The molecule has 1 aliphatic heterocycles. The van der Waals surface area contributed by atoms with E-state index in [2.05, 4.69) is 15.4 Å². The molecule has 1 fully saturated rings. The highest BCUT2D eigenvalue weighted by Crippen LogP contribution is 2.26. The number of benzene rings is 1. The van der Waals surface area contributed by atoms with Gasteiger partial charge in [0.25, 0.3) is 0 Å². The number of hydrogen-bond acceptors (Lipinski definition) is 6. The lowest BCUT2D eigenvalue weighted by Gasteiger charge is -2.30. The number of nitrogens with zero attached hydrogens (tertiary/aromatic N) is 1. The second-order valence-corrected chi connectivity index (χ2v) is 8.24. The maximum absolute atomic E-state index is 13.0. The van der Waals surface area contributed by atoms with E-state index >= 15 is 0 Å². The maximum Gasteiger partial charge on any atom is 0.339 e. The Morgan fingerprint density at radius 3 is 2.39 bits per heavy atom. The van der Waals surface area contributed by atoms with Gasteiger partial charge in [0.05, 0.1) is 24.1 Å². The zero-order valence-corrected chi connectivity index (χ0v) is 16.8. The van der Waals surface area contributed by atoms with E-state index in [1.165, 1.54) is 23.5 Å². The van der Waals surface area contributed by atoms with Crippen LogP contribution in [0.4, 0.5) is 0 Å². The van der Waals surface area contributed by atoms with Crippen molar-refractivity contribution < 1.29 is 27.5 Å². The Morgan fingerprint density at radius 2 is 1.79 bits per heavy atom. The van der Waals surface area contributed by atoms with Crippen LogP contribution in [0.2, 0.25) is 0 Å². The molecular weight excluding hydrogens is 386 g/mol. The molecular formula is C18H25N3O6S. The Bertz CT molecular complexity index is 831. The van der Waals surface area contributed by atoms with Crippen LogP contribution in [0.5, 0.6) is 0 Å². The number of likely N-dealkylation sites (N-methyl/N-ethyl adjacent to an activating group) is 1. The summed E-state index contributed by atoms with van der Waals surface area (Å²) >= 11 is 0. The summed E-state index contributed by atoms with van der Waals surface area (Å²) in [7, 11) is -2.70. The van der Waals surface area contributed by atoms with E-state index in [9.17, 15) is 22.8 Å². The number of methoxy groups -OCH3 is 1. The molecule has 9 nitrogen and oxygen atoms in total. The minimum absolute atomic E-state index is 0.0215. The van der Waals surface area contributed by atoms with E-state index in [1.54, 1.807) is 19.1 Å². The first-order chi connectivity index (χ1) is 13.3. The van der Waals surface area contributed by atoms with Crippen LogP contribution in [-0.2, 0) is 24.3 Å². The number of esters is 1. The summed E-state index contributed by atoms with van der Waals surface area (Å²) in [4.78, 5) is 35.4. The first kappa shape index (κ1) is 21.8. The van der Waals surface area contributed by atoms with Crippen molar-refractivity contribution >= 4 is 27.8 Å². The maximum atomic E-state index is 13.0. The molecule has 10 heteroatoms. The van der Waals surface area contributed by atoms with Crippen LogP contribution in [-0.4, -0.2) is 63.8 Å². The number of amides is 2. The molecule has 1 aromatic rings. The van der Waals surface area contributed by atoms with Crippen molar-refractivity contribution in [2.75, 3.05) is 33.3 Å². The number of ether oxygens (including phenoxy) is 1. The van der Waals surface area contributed by atoms with Gasteiger partial charge < -0.3 is 15.4 Å². The molecule has 28 heavy (non-hydrogen) atoms. The second-order valence-electron chi connectivity index (χ2n) is 6.34. The van der Waals surface area contributed by atoms with Crippen molar-refractivity contribution in [1.82, 2.24) is 14.9 Å². The van der Waals surface area contributed by atoms with Gasteiger partial charge in [-0.05, 0) is 31.9 Å². The molecule has 0 spiro atoms. The summed E-state index contributed by atoms with van der Waals surface area (Å²) in [5, 5.41) is 5.16. The van der Waals surface area contributed by atoms with Gasteiger partial charge in [-0.15, -0.1) is 0 Å². The van der Waals surface area contributed by atoms with Crippen molar-refractivity contribution in [2.24, 2.45) is 5.92 Å². The van der Waals surface area contributed by atoms with E-state index in [1.807, 2.05) is 0 Å². The Labute approximate surface area is 164 Å². The monoisotopic (exact) mass is 411 g/mol. The third-order valence-electron chi connectivity index (χ3n) is 4.53. The molecule has 0 saturated carbocycles. The largest absolute Gasteiger partial charge is 0.465 e. The minimum Gasteiger partial charge on any atom is -0.465 e. The van der Waals surface area contributed by atoms with Gasteiger partial charge >= 0.3 is 5.97 Å². The SMILES string of the molecule is CCNC(=O)CNC(=O)C1CCN(S(=O)(=O)c2ccccc2C(=O)OC)CC1. The number of rotatable bonds is 7. The summed E-state index contributed by atoms with van der Waals surface area (Å²) in [6.07, 6.45) is 0.668. The first-order valence-electron chi connectivity index (χ1n) is 9.03. The van der Waals surface area contributed by atoms with E-state index in [-0.39, 0.29) is 47.8 Å². The molecule has 0 radical (unpaired) electrons. The Hall–Kier alpha value is -2.46. The Morgan fingerprint density at radius 1 is 1.14 bits per heavy atom. The molecule has 1 aromatic carbocycles. The summed E-state index contributed by atoms with van der Waals surface area (Å²) in [6.45, 7) is 2.47. The predicted molar refractivity (Wildman–Crippen MR) is 101 cm³/mol. The third kappa shape index (κ3) is 5.08. The number of carbonyl (C=O) groups is 3. The highest BCUT2D eigenvalue weighted by Gasteiger charge is 2.34. The van der Waals surface area contributed by atoms with E-state index in [4.69, 9.17) is 0 Å². The van der Waals surface area contributed by atoms with Crippen molar-refractivity contribution in [3.63, 3.8) is 0 Å². The molecule has 0 atom stereocenters. The lowest BCUT2D eigenvalue weighted by Crippen LogP contribution is -2.45. The van der Waals surface area contributed by atoms with Gasteiger partial charge in [-0.2, -0.15) is 4.31 Å². The highest BCUT2D eigenvalue weighted by atomic mass is 32.2. The van der Waals surface area contributed by atoms with Crippen LogP contribution in [0, 0.1) is 5.92 Å². The third-order valence-corrected chi connectivity index (χ3v) is 6.49. The van der Waals surface area contributed by atoms with Gasteiger partial charge in [-0.25, -0.2) is 13.2 Å². The zero-order chi connectivity index (χ0) is 20.7. The number of hydrogen-bond donors (Lipinski definition) is 2. The van der Waals surface area contributed by atoms with Gasteiger partial charge in [-0.3, -0.25) is 9.59 Å². The molecule has 2 N–H and O–H groups in total. The predicted octanol–water partition coefficient (Wildman–Crippen LogP) is 0.126. The lowest BCUT2D eigenvalue weighted by molar-refractivity contribution is -0.129. The molecule has 1 saturated heterocycles.